The fourth-order valence-electron chi connectivity index (χ4n) is 2.50. The van der Waals surface area contributed by atoms with Crippen molar-refractivity contribution in [1.82, 2.24) is 5.32 Å². The Morgan fingerprint density at radius 3 is 2.82 bits per heavy atom. The van der Waals surface area contributed by atoms with Crippen LogP contribution in [0.5, 0.6) is 0 Å². The van der Waals surface area contributed by atoms with Gasteiger partial charge in [-0.2, -0.15) is 0 Å². The van der Waals surface area contributed by atoms with Gasteiger partial charge >= 0.3 is 0 Å². The average Bonchev–Trinajstić information content (AvgIpc) is 3.16. The number of hydrogen-bond acceptors (Lipinski definition) is 1. The second-order valence-corrected chi connectivity index (χ2v) is 4.95. The van der Waals surface area contributed by atoms with Crippen molar-refractivity contribution in [2.75, 3.05) is 13.1 Å². The highest BCUT2D eigenvalue weighted by atomic mass is 14.8. The van der Waals surface area contributed by atoms with Crippen LogP contribution in [0.3, 0.4) is 0 Å². The Labute approximate surface area is 105 Å². The van der Waals surface area contributed by atoms with Gasteiger partial charge in [0.2, 0.25) is 0 Å². The first kappa shape index (κ1) is 12.4. The first-order valence-electron chi connectivity index (χ1n) is 6.75. The third-order valence-electron chi connectivity index (χ3n) is 3.64. The van der Waals surface area contributed by atoms with Gasteiger partial charge in [0.25, 0.3) is 0 Å². The standard InChI is InChI=1S/C16H23N/c1-3-17-11-7-8-13(2)15-12-16(15)14-9-5-4-6-10-14/h4-6,8-10,15-17H,3,7,11-12H2,1-2H3/b13-8-. The van der Waals surface area contributed by atoms with Gasteiger partial charge in [0.05, 0.1) is 0 Å². The zero-order valence-corrected chi connectivity index (χ0v) is 10.9. The Hall–Kier alpha value is -1.08. The maximum atomic E-state index is 3.36. The molecule has 2 atom stereocenters. The molecule has 0 aliphatic heterocycles. The monoisotopic (exact) mass is 229 g/mol. The van der Waals surface area contributed by atoms with Gasteiger partial charge < -0.3 is 5.32 Å². The first-order chi connectivity index (χ1) is 8.33. The van der Waals surface area contributed by atoms with Crippen LogP contribution >= 0.6 is 0 Å². The van der Waals surface area contributed by atoms with Crippen molar-refractivity contribution in [2.24, 2.45) is 5.92 Å². The van der Waals surface area contributed by atoms with E-state index in [0.29, 0.717) is 0 Å². The van der Waals surface area contributed by atoms with Gasteiger partial charge in [-0.15, -0.1) is 0 Å². The maximum absolute atomic E-state index is 3.36. The van der Waals surface area contributed by atoms with Crippen molar-refractivity contribution in [3.05, 3.63) is 47.5 Å². The van der Waals surface area contributed by atoms with Crippen LogP contribution in [-0.4, -0.2) is 13.1 Å². The molecule has 2 rings (SSSR count). The molecule has 1 aromatic carbocycles. The molecular weight excluding hydrogens is 206 g/mol. The third-order valence-corrected chi connectivity index (χ3v) is 3.64. The summed E-state index contributed by atoms with van der Waals surface area (Å²) in [7, 11) is 0. The Bertz CT molecular complexity index is 366. The molecule has 0 spiro atoms. The topological polar surface area (TPSA) is 12.0 Å². The normalized spacial score (nSPS) is 23.8. The van der Waals surface area contributed by atoms with Crippen LogP contribution in [0.15, 0.2) is 42.0 Å². The van der Waals surface area contributed by atoms with Crippen LogP contribution in [0.1, 0.15) is 38.2 Å². The maximum Gasteiger partial charge on any atom is -0.00143 e. The van der Waals surface area contributed by atoms with Gasteiger partial charge in [0, 0.05) is 0 Å². The summed E-state index contributed by atoms with van der Waals surface area (Å²) in [6, 6.07) is 10.9. The molecule has 17 heavy (non-hydrogen) atoms. The molecule has 92 valence electrons. The van der Waals surface area contributed by atoms with Crippen LogP contribution in [0.25, 0.3) is 0 Å². The molecule has 1 aliphatic rings. The largest absolute Gasteiger partial charge is 0.317 e. The molecule has 0 radical (unpaired) electrons. The lowest BCUT2D eigenvalue weighted by Crippen LogP contribution is -2.13. The lowest BCUT2D eigenvalue weighted by atomic mass is 10.1. The van der Waals surface area contributed by atoms with E-state index in [1.165, 1.54) is 12.0 Å². The summed E-state index contributed by atoms with van der Waals surface area (Å²) in [4.78, 5) is 0. The van der Waals surface area contributed by atoms with E-state index in [9.17, 15) is 0 Å². The summed E-state index contributed by atoms with van der Waals surface area (Å²) < 4.78 is 0. The fraction of sp³-hybridized carbons (Fsp3) is 0.500. The van der Waals surface area contributed by atoms with E-state index in [1.807, 2.05) is 0 Å². The van der Waals surface area contributed by atoms with Crippen LogP contribution in [0, 0.1) is 5.92 Å². The Kier molecular flexibility index (Phi) is 4.38. The molecule has 1 nitrogen and oxygen atoms in total. The number of hydrogen-bond donors (Lipinski definition) is 1. The van der Waals surface area contributed by atoms with Crippen molar-refractivity contribution < 1.29 is 0 Å². The van der Waals surface area contributed by atoms with Crippen LogP contribution in [-0.2, 0) is 0 Å². The van der Waals surface area contributed by atoms with E-state index in [0.717, 1.165) is 31.3 Å². The smallest absolute Gasteiger partial charge is 0.00143 e. The minimum Gasteiger partial charge on any atom is -0.317 e. The number of benzene rings is 1. The summed E-state index contributed by atoms with van der Waals surface area (Å²) in [6.45, 7) is 6.63. The predicted octanol–water partition coefficient (Wildman–Crippen LogP) is 3.74. The zero-order valence-electron chi connectivity index (χ0n) is 10.9. The van der Waals surface area contributed by atoms with Crippen molar-refractivity contribution in [3.63, 3.8) is 0 Å². The molecule has 1 fully saturated rings. The Morgan fingerprint density at radius 2 is 2.12 bits per heavy atom. The SMILES string of the molecule is CCNCC/C=C(/C)C1CC1c1ccccc1. The van der Waals surface area contributed by atoms with E-state index in [-0.39, 0.29) is 0 Å². The van der Waals surface area contributed by atoms with E-state index in [1.54, 1.807) is 5.57 Å². The van der Waals surface area contributed by atoms with Gasteiger partial charge in [0.15, 0.2) is 0 Å². The lowest BCUT2D eigenvalue weighted by molar-refractivity contribution is 0.722. The predicted molar refractivity (Wildman–Crippen MR) is 74.2 cm³/mol. The number of allylic oxidation sites excluding steroid dienone is 1. The Balaban J connectivity index is 1.82. The fourth-order valence-corrected chi connectivity index (χ4v) is 2.50. The highest BCUT2D eigenvalue weighted by Crippen LogP contribution is 2.51. The van der Waals surface area contributed by atoms with E-state index >= 15 is 0 Å². The second kappa shape index (κ2) is 6.02. The molecule has 1 heteroatoms. The van der Waals surface area contributed by atoms with E-state index in [2.05, 4.69) is 55.6 Å². The van der Waals surface area contributed by atoms with E-state index < -0.39 is 0 Å². The van der Waals surface area contributed by atoms with Crippen molar-refractivity contribution in [2.45, 2.75) is 32.6 Å². The molecule has 0 heterocycles. The summed E-state index contributed by atoms with van der Waals surface area (Å²) in [5, 5.41) is 3.36. The zero-order chi connectivity index (χ0) is 12.1. The van der Waals surface area contributed by atoms with Gasteiger partial charge in [0.1, 0.15) is 0 Å². The van der Waals surface area contributed by atoms with Crippen molar-refractivity contribution >= 4 is 0 Å². The molecule has 0 amide bonds. The van der Waals surface area contributed by atoms with Crippen LogP contribution < -0.4 is 5.32 Å². The second-order valence-electron chi connectivity index (χ2n) is 4.95. The third kappa shape index (κ3) is 3.44. The molecule has 1 aromatic rings. The minimum absolute atomic E-state index is 0.784. The molecule has 1 aliphatic carbocycles. The molecule has 1 saturated carbocycles. The number of nitrogens with one attached hydrogen (secondary N) is 1. The van der Waals surface area contributed by atoms with E-state index in [4.69, 9.17) is 0 Å². The first-order valence-corrected chi connectivity index (χ1v) is 6.75. The van der Waals surface area contributed by atoms with Gasteiger partial charge in [-0.1, -0.05) is 48.9 Å². The molecular formula is C16H23N. The number of rotatable bonds is 6. The van der Waals surface area contributed by atoms with Crippen LogP contribution in [0.4, 0.5) is 0 Å². The molecule has 0 aromatic heterocycles. The van der Waals surface area contributed by atoms with Gasteiger partial charge in [-0.25, -0.2) is 0 Å². The van der Waals surface area contributed by atoms with Crippen molar-refractivity contribution in [1.29, 1.82) is 0 Å². The van der Waals surface area contributed by atoms with Gasteiger partial charge in [-0.3, -0.25) is 0 Å². The molecule has 0 bridgehead atoms. The summed E-state index contributed by atoms with van der Waals surface area (Å²) in [5.41, 5.74) is 3.09. The van der Waals surface area contributed by atoms with Gasteiger partial charge in [-0.05, 0) is 50.3 Å². The molecule has 0 saturated heterocycles. The summed E-state index contributed by atoms with van der Waals surface area (Å²) in [5.74, 6) is 1.59. The summed E-state index contributed by atoms with van der Waals surface area (Å²) >= 11 is 0. The average molecular weight is 229 g/mol. The summed E-state index contributed by atoms with van der Waals surface area (Å²) in [6.07, 6.45) is 4.92. The molecule has 1 N–H and O–H groups in total. The quantitative estimate of drug-likeness (QED) is 0.579. The Morgan fingerprint density at radius 1 is 1.35 bits per heavy atom. The lowest BCUT2D eigenvalue weighted by Gasteiger charge is -2.02. The van der Waals surface area contributed by atoms with Crippen molar-refractivity contribution in [3.8, 4) is 0 Å². The highest BCUT2D eigenvalue weighted by Gasteiger charge is 2.38. The van der Waals surface area contributed by atoms with Crippen LogP contribution in [0.2, 0.25) is 0 Å². The highest BCUT2D eigenvalue weighted by molar-refractivity contribution is 5.31. The minimum atomic E-state index is 0.784. The molecule has 2 unspecified atom stereocenters.